The lowest BCUT2D eigenvalue weighted by molar-refractivity contribution is -0.384. The van der Waals surface area contributed by atoms with E-state index in [9.17, 15) is 10.1 Å². The molecular weight excluding hydrogens is 338 g/mol. The summed E-state index contributed by atoms with van der Waals surface area (Å²) in [6, 6.07) is 25.0. The minimum Gasteiger partial charge on any atom is -0.258 e. The molecule has 0 bridgehead atoms. The van der Waals surface area contributed by atoms with Gasteiger partial charge in [0, 0.05) is 35.2 Å². The Kier molecular flexibility index (Phi) is 3.40. The summed E-state index contributed by atoms with van der Waals surface area (Å²) >= 11 is 0. The number of hydrogen-bond acceptors (Lipinski definition) is 3. The molecule has 3 aromatic carbocycles. The number of rotatable bonds is 3. The highest BCUT2D eigenvalue weighted by Gasteiger charge is 2.28. The van der Waals surface area contributed by atoms with Gasteiger partial charge in [-0.3, -0.25) is 10.1 Å². The lowest BCUT2D eigenvalue weighted by Crippen LogP contribution is -2.01. The van der Waals surface area contributed by atoms with E-state index in [0.29, 0.717) is 0 Å². The van der Waals surface area contributed by atoms with Gasteiger partial charge in [-0.05, 0) is 29.8 Å². The summed E-state index contributed by atoms with van der Waals surface area (Å²) in [5.74, 6) is 0. The highest BCUT2D eigenvalue weighted by Crippen LogP contribution is 2.42. The van der Waals surface area contributed by atoms with Crippen molar-refractivity contribution < 1.29 is 4.92 Å². The normalized spacial score (nSPS) is 11.9. The number of hydrogen-bond donors (Lipinski definition) is 0. The van der Waals surface area contributed by atoms with Crippen LogP contribution in [0.3, 0.4) is 0 Å². The third kappa shape index (κ3) is 2.44. The molecule has 1 aromatic heterocycles. The van der Waals surface area contributed by atoms with Crippen molar-refractivity contribution in [2.24, 2.45) is 0 Å². The molecule has 0 fully saturated rings. The fraction of sp³-hybridized carbons (Fsp3) is 0.0455. The van der Waals surface area contributed by atoms with Gasteiger partial charge in [0.25, 0.3) is 5.69 Å². The third-order valence-electron chi connectivity index (χ3n) is 4.98. The first-order chi connectivity index (χ1) is 13.2. The van der Waals surface area contributed by atoms with E-state index in [-0.39, 0.29) is 10.6 Å². The van der Waals surface area contributed by atoms with Crippen LogP contribution in [0.15, 0.2) is 78.9 Å². The van der Waals surface area contributed by atoms with Crippen molar-refractivity contribution in [2.45, 2.75) is 6.42 Å². The minimum absolute atomic E-state index is 0.0875. The zero-order chi connectivity index (χ0) is 18.4. The van der Waals surface area contributed by atoms with Crippen molar-refractivity contribution >= 4 is 5.69 Å². The molecule has 0 radical (unpaired) electrons. The highest BCUT2D eigenvalue weighted by atomic mass is 16.6. The van der Waals surface area contributed by atoms with Crippen LogP contribution in [0.2, 0.25) is 0 Å². The van der Waals surface area contributed by atoms with E-state index in [1.54, 1.807) is 24.3 Å². The number of para-hydroxylation sites is 1. The molecule has 4 aromatic rings. The smallest absolute Gasteiger partial charge is 0.258 e. The van der Waals surface area contributed by atoms with Crippen LogP contribution >= 0.6 is 0 Å². The van der Waals surface area contributed by atoms with E-state index >= 15 is 0 Å². The van der Waals surface area contributed by atoms with E-state index in [4.69, 9.17) is 5.10 Å². The topological polar surface area (TPSA) is 61.0 Å². The number of nitro groups is 1. The summed E-state index contributed by atoms with van der Waals surface area (Å²) in [6.45, 7) is 0. The first kappa shape index (κ1) is 15.5. The predicted molar refractivity (Wildman–Crippen MR) is 104 cm³/mol. The molecule has 0 atom stereocenters. The summed E-state index contributed by atoms with van der Waals surface area (Å²) in [4.78, 5) is 10.6. The number of non-ortho nitro benzene ring substituents is 1. The van der Waals surface area contributed by atoms with Gasteiger partial charge in [-0.2, -0.15) is 5.10 Å². The maximum absolute atomic E-state index is 11.0. The molecule has 1 heterocycles. The van der Waals surface area contributed by atoms with Crippen molar-refractivity contribution in [1.82, 2.24) is 9.78 Å². The Labute approximate surface area is 155 Å². The van der Waals surface area contributed by atoms with Crippen molar-refractivity contribution in [3.05, 3.63) is 100 Å². The molecule has 0 saturated heterocycles. The lowest BCUT2D eigenvalue weighted by Gasteiger charge is -2.10. The van der Waals surface area contributed by atoms with Crippen LogP contribution < -0.4 is 0 Å². The Bertz CT molecular complexity index is 1160. The molecule has 1 aliphatic rings. The van der Waals surface area contributed by atoms with Gasteiger partial charge >= 0.3 is 0 Å². The van der Waals surface area contributed by atoms with E-state index in [1.807, 2.05) is 47.1 Å². The van der Waals surface area contributed by atoms with Crippen LogP contribution in [-0.4, -0.2) is 14.7 Å². The Morgan fingerprint density at radius 1 is 0.889 bits per heavy atom. The summed E-state index contributed by atoms with van der Waals surface area (Å²) < 4.78 is 1.95. The fourth-order valence-corrected chi connectivity index (χ4v) is 3.72. The van der Waals surface area contributed by atoms with Gasteiger partial charge in [0.1, 0.15) is 0 Å². The van der Waals surface area contributed by atoms with Gasteiger partial charge in [-0.15, -0.1) is 0 Å². The van der Waals surface area contributed by atoms with E-state index in [2.05, 4.69) is 12.1 Å². The van der Waals surface area contributed by atoms with Gasteiger partial charge in [-0.1, -0.05) is 42.5 Å². The maximum Gasteiger partial charge on any atom is 0.269 e. The second kappa shape index (κ2) is 5.92. The average molecular weight is 353 g/mol. The first-order valence-electron chi connectivity index (χ1n) is 8.73. The number of nitro benzene ring substituents is 1. The van der Waals surface area contributed by atoms with Crippen molar-refractivity contribution in [3.8, 4) is 28.2 Å². The molecule has 0 amide bonds. The summed E-state index contributed by atoms with van der Waals surface area (Å²) in [5, 5.41) is 15.9. The van der Waals surface area contributed by atoms with Crippen LogP contribution in [0.4, 0.5) is 5.69 Å². The molecule has 0 saturated carbocycles. The predicted octanol–water partition coefficient (Wildman–Crippen LogP) is 5.02. The van der Waals surface area contributed by atoms with E-state index in [1.165, 1.54) is 5.56 Å². The van der Waals surface area contributed by atoms with Crippen LogP contribution in [0.25, 0.3) is 28.2 Å². The Hall–Kier alpha value is -3.73. The minimum atomic E-state index is -0.376. The Balaban J connectivity index is 1.74. The van der Waals surface area contributed by atoms with Gasteiger partial charge < -0.3 is 0 Å². The monoisotopic (exact) mass is 353 g/mol. The van der Waals surface area contributed by atoms with Crippen LogP contribution in [0.1, 0.15) is 11.1 Å². The molecule has 0 aliphatic heterocycles. The first-order valence-corrected chi connectivity index (χ1v) is 8.73. The number of nitrogens with zero attached hydrogens (tertiary/aromatic N) is 3. The molecule has 5 rings (SSSR count). The summed E-state index contributed by atoms with van der Waals surface area (Å²) in [5.41, 5.74) is 7.54. The Morgan fingerprint density at radius 2 is 1.59 bits per heavy atom. The largest absolute Gasteiger partial charge is 0.269 e. The lowest BCUT2D eigenvalue weighted by atomic mass is 10.0. The average Bonchev–Trinajstić information content (AvgIpc) is 3.25. The fourth-order valence-electron chi connectivity index (χ4n) is 3.72. The number of aromatic nitrogens is 2. The number of fused-ring (bicyclic) bond motifs is 3. The van der Waals surface area contributed by atoms with E-state index < -0.39 is 0 Å². The zero-order valence-electron chi connectivity index (χ0n) is 14.4. The van der Waals surface area contributed by atoms with Crippen LogP contribution in [0, 0.1) is 10.1 Å². The van der Waals surface area contributed by atoms with Crippen molar-refractivity contribution in [1.29, 1.82) is 0 Å². The highest BCUT2D eigenvalue weighted by molar-refractivity contribution is 5.82. The standard InChI is InChI=1S/C22H15N3O2/c26-25(27)18-12-10-15(11-13-18)22-20-14-16-6-4-5-9-19(16)21(20)23-24(22)17-7-2-1-3-8-17/h1-13H,14H2. The molecule has 27 heavy (non-hydrogen) atoms. The number of benzene rings is 3. The van der Waals surface area contributed by atoms with Crippen molar-refractivity contribution in [2.75, 3.05) is 0 Å². The molecule has 0 spiro atoms. The van der Waals surface area contributed by atoms with Gasteiger partial charge in [0.2, 0.25) is 0 Å². The maximum atomic E-state index is 11.0. The molecule has 5 nitrogen and oxygen atoms in total. The molecule has 1 aliphatic carbocycles. The molecule has 5 heteroatoms. The van der Waals surface area contributed by atoms with Gasteiger partial charge in [0.05, 0.1) is 22.0 Å². The molecule has 0 N–H and O–H groups in total. The summed E-state index contributed by atoms with van der Waals surface area (Å²) in [6.07, 6.45) is 0.810. The Morgan fingerprint density at radius 3 is 2.33 bits per heavy atom. The second-order valence-corrected chi connectivity index (χ2v) is 6.56. The molecule has 0 unspecified atom stereocenters. The second-order valence-electron chi connectivity index (χ2n) is 6.56. The van der Waals surface area contributed by atoms with Gasteiger partial charge in [-0.25, -0.2) is 4.68 Å². The third-order valence-corrected chi connectivity index (χ3v) is 4.98. The zero-order valence-corrected chi connectivity index (χ0v) is 14.4. The van der Waals surface area contributed by atoms with Gasteiger partial charge in [0.15, 0.2) is 0 Å². The molecule has 130 valence electrons. The quantitative estimate of drug-likeness (QED) is 0.338. The van der Waals surface area contributed by atoms with E-state index in [0.717, 1.165) is 40.2 Å². The molecular formula is C22H15N3O2. The van der Waals surface area contributed by atoms with Crippen molar-refractivity contribution in [3.63, 3.8) is 0 Å². The summed E-state index contributed by atoms with van der Waals surface area (Å²) in [7, 11) is 0. The SMILES string of the molecule is O=[N+]([O-])c1ccc(-c2c3c(nn2-c2ccccc2)-c2ccccc2C3)cc1. The van der Waals surface area contributed by atoms with Crippen LogP contribution in [-0.2, 0) is 6.42 Å². The van der Waals surface area contributed by atoms with Crippen LogP contribution in [0.5, 0.6) is 0 Å².